The number of carbonyl (C=O) groups excluding carboxylic acids is 2. The van der Waals surface area contributed by atoms with Gasteiger partial charge in [0.1, 0.15) is 0 Å². The molecule has 154 valence electrons. The molecule has 28 heavy (non-hydrogen) atoms. The third-order valence-corrected chi connectivity index (χ3v) is 4.44. The number of hydrogen-bond acceptors (Lipinski definition) is 5. The van der Waals surface area contributed by atoms with Gasteiger partial charge in [-0.25, -0.2) is 9.59 Å². The Morgan fingerprint density at radius 3 is 2.36 bits per heavy atom. The molecular formula is C18H20F3NO6. The Hall–Kier alpha value is -2.78. The van der Waals surface area contributed by atoms with E-state index < -0.39 is 53.3 Å². The molecule has 0 radical (unpaired) electrons. The van der Waals surface area contributed by atoms with Crippen molar-refractivity contribution in [2.75, 3.05) is 20.2 Å². The van der Waals surface area contributed by atoms with Crippen LogP contribution in [-0.4, -0.2) is 54.3 Å². The van der Waals surface area contributed by atoms with Crippen LogP contribution in [0.1, 0.15) is 41.3 Å². The molecule has 2 rings (SSSR count). The zero-order valence-electron chi connectivity index (χ0n) is 15.4. The highest BCUT2D eigenvalue weighted by molar-refractivity contribution is 5.94. The van der Waals surface area contributed by atoms with E-state index in [0.29, 0.717) is 0 Å². The quantitative estimate of drug-likeness (QED) is 0.777. The topological polar surface area (TPSA) is 93.1 Å². The summed E-state index contributed by atoms with van der Waals surface area (Å²) in [5.41, 5.74) is -2.01. The van der Waals surface area contributed by atoms with E-state index >= 15 is 0 Å². The van der Waals surface area contributed by atoms with E-state index in [2.05, 4.69) is 4.74 Å². The Balaban J connectivity index is 2.63. The first-order chi connectivity index (χ1) is 13.0. The van der Waals surface area contributed by atoms with Gasteiger partial charge in [0.05, 0.1) is 30.3 Å². The van der Waals surface area contributed by atoms with E-state index in [1.54, 1.807) is 0 Å². The molecule has 1 aliphatic rings. The second-order valence-corrected chi connectivity index (χ2v) is 6.65. The first-order valence-electron chi connectivity index (χ1n) is 8.44. The molecule has 7 nitrogen and oxygen atoms in total. The number of benzene rings is 1. The third-order valence-electron chi connectivity index (χ3n) is 4.44. The van der Waals surface area contributed by atoms with Crippen LogP contribution >= 0.6 is 0 Å². The summed E-state index contributed by atoms with van der Waals surface area (Å²) in [4.78, 5) is 36.9. The molecule has 1 N–H and O–H groups in total. The molecule has 1 aromatic carbocycles. The first kappa shape index (κ1) is 21.5. The molecule has 0 spiro atoms. The summed E-state index contributed by atoms with van der Waals surface area (Å²) in [5.74, 6) is -3.99. The van der Waals surface area contributed by atoms with Crippen molar-refractivity contribution in [2.24, 2.45) is 5.92 Å². The molecule has 2 atom stereocenters. The summed E-state index contributed by atoms with van der Waals surface area (Å²) in [6, 6.07) is 3.14. The van der Waals surface area contributed by atoms with Gasteiger partial charge in [-0.15, -0.1) is 0 Å². The number of amides is 1. The lowest BCUT2D eigenvalue weighted by molar-refractivity contribution is -0.145. The van der Waals surface area contributed by atoms with Gasteiger partial charge in [0.2, 0.25) is 0 Å². The van der Waals surface area contributed by atoms with E-state index in [9.17, 15) is 32.7 Å². The van der Waals surface area contributed by atoms with Gasteiger partial charge < -0.3 is 19.5 Å². The average Bonchev–Trinajstić information content (AvgIpc) is 3.04. The summed E-state index contributed by atoms with van der Waals surface area (Å²) >= 11 is 0. The molecule has 0 bridgehead atoms. The van der Waals surface area contributed by atoms with Crippen LogP contribution in [0, 0.1) is 5.92 Å². The number of hydrogen-bond donors (Lipinski definition) is 1. The first-order valence-corrected chi connectivity index (χ1v) is 8.44. The lowest BCUT2D eigenvalue weighted by atomic mass is 9.84. The van der Waals surface area contributed by atoms with Crippen molar-refractivity contribution in [1.82, 2.24) is 4.90 Å². The van der Waals surface area contributed by atoms with Crippen molar-refractivity contribution in [3.05, 3.63) is 34.9 Å². The number of nitrogens with zero attached hydrogens (tertiary/aromatic N) is 1. The molecule has 10 heteroatoms. The fourth-order valence-corrected chi connectivity index (χ4v) is 3.28. The van der Waals surface area contributed by atoms with Crippen LogP contribution in [0.4, 0.5) is 18.0 Å². The zero-order chi connectivity index (χ0) is 21.2. The zero-order valence-corrected chi connectivity index (χ0v) is 15.4. The van der Waals surface area contributed by atoms with Gasteiger partial charge in [0.15, 0.2) is 0 Å². The van der Waals surface area contributed by atoms with Crippen molar-refractivity contribution < 1.29 is 42.1 Å². The van der Waals surface area contributed by atoms with Crippen LogP contribution in [0.2, 0.25) is 0 Å². The van der Waals surface area contributed by atoms with Crippen LogP contribution in [0.15, 0.2) is 18.2 Å². The minimum absolute atomic E-state index is 0.0976. The number of likely N-dealkylation sites (tertiary alicyclic amines) is 1. The molecule has 0 aromatic heterocycles. The second kappa shape index (κ2) is 8.07. The Labute approximate surface area is 159 Å². The molecule has 1 amide bonds. The van der Waals surface area contributed by atoms with Gasteiger partial charge in [-0.2, -0.15) is 13.2 Å². The molecule has 1 fully saturated rings. The van der Waals surface area contributed by atoms with Crippen molar-refractivity contribution >= 4 is 18.0 Å². The van der Waals surface area contributed by atoms with Crippen LogP contribution in [0.3, 0.4) is 0 Å². The number of methoxy groups -OCH3 is 1. The Kier molecular flexibility index (Phi) is 6.20. The van der Waals surface area contributed by atoms with Gasteiger partial charge in [-0.3, -0.25) is 4.79 Å². The Morgan fingerprint density at radius 2 is 1.86 bits per heavy atom. The normalized spacial score (nSPS) is 19.6. The number of carbonyl (C=O) groups is 3. The van der Waals surface area contributed by atoms with Crippen LogP contribution in [0.5, 0.6) is 0 Å². The van der Waals surface area contributed by atoms with Gasteiger partial charge in [0, 0.05) is 19.0 Å². The number of halogens is 3. The standard InChI is InChI=1S/C18H20F3NO6/c1-9(2)28-16(24)14-10(5-4-6-13(14)18(19,20)21)11-7-22(17(25)26)8-12(11)15(23)27-3/h4-6,9,11-12H,7-8H2,1-3H3,(H,25,26). The van der Waals surface area contributed by atoms with E-state index in [1.807, 2.05) is 0 Å². The van der Waals surface area contributed by atoms with Gasteiger partial charge in [-0.1, -0.05) is 12.1 Å². The van der Waals surface area contributed by atoms with Crippen molar-refractivity contribution in [3.63, 3.8) is 0 Å². The number of rotatable bonds is 4. The molecule has 2 unspecified atom stereocenters. The summed E-state index contributed by atoms with van der Waals surface area (Å²) in [7, 11) is 1.10. The predicted octanol–water partition coefficient (Wildman–Crippen LogP) is 3.14. The van der Waals surface area contributed by atoms with Crippen molar-refractivity contribution in [2.45, 2.75) is 32.0 Å². The Bertz CT molecular complexity index is 777. The lowest BCUT2D eigenvalue weighted by Gasteiger charge is -2.22. The predicted molar refractivity (Wildman–Crippen MR) is 89.8 cm³/mol. The fraction of sp³-hybridized carbons (Fsp3) is 0.500. The second-order valence-electron chi connectivity index (χ2n) is 6.65. The van der Waals surface area contributed by atoms with E-state index in [-0.39, 0.29) is 18.7 Å². The molecule has 1 aromatic rings. The largest absolute Gasteiger partial charge is 0.469 e. The van der Waals surface area contributed by atoms with Crippen LogP contribution in [0.25, 0.3) is 0 Å². The van der Waals surface area contributed by atoms with Crippen LogP contribution in [-0.2, 0) is 20.4 Å². The number of alkyl halides is 3. The third kappa shape index (κ3) is 4.37. The number of esters is 2. The van der Waals surface area contributed by atoms with Crippen molar-refractivity contribution in [1.29, 1.82) is 0 Å². The highest BCUT2D eigenvalue weighted by atomic mass is 19.4. The van der Waals surface area contributed by atoms with Crippen molar-refractivity contribution in [3.8, 4) is 0 Å². The maximum absolute atomic E-state index is 13.5. The van der Waals surface area contributed by atoms with E-state index in [1.165, 1.54) is 19.9 Å². The maximum atomic E-state index is 13.5. The van der Waals surface area contributed by atoms with Crippen LogP contribution < -0.4 is 0 Å². The summed E-state index contributed by atoms with van der Waals surface area (Å²) < 4.78 is 50.3. The SMILES string of the molecule is COC(=O)C1CN(C(=O)O)CC1c1cccc(C(F)(F)F)c1C(=O)OC(C)C. The summed E-state index contributed by atoms with van der Waals surface area (Å²) in [6.07, 6.45) is -6.83. The average molecular weight is 403 g/mol. The highest BCUT2D eigenvalue weighted by Crippen LogP contribution is 2.40. The molecule has 0 aliphatic carbocycles. The summed E-state index contributed by atoms with van der Waals surface area (Å²) in [5, 5.41) is 9.23. The van der Waals surface area contributed by atoms with Gasteiger partial charge >= 0.3 is 24.2 Å². The maximum Gasteiger partial charge on any atom is 0.417 e. The number of carboxylic acid groups (broad SMARTS) is 1. The molecular weight excluding hydrogens is 383 g/mol. The fourth-order valence-electron chi connectivity index (χ4n) is 3.28. The molecule has 1 saturated heterocycles. The minimum Gasteiger partial charge on any atom is -0.469 e. The molecule has 1 aliphatic heterocycles. The Morgan fingerprint density at radius 1 is 1.21 bits per heavy atom. The monoisotopic (exact) mass is 403 g/mol. The molecule has 1 heterocycles. The summed E-state index contributed by atoms with van der Waals surface area (Å²) in [6.45, 7) is 2.49. The smallest absolute Gasteiger partial charge is 0.417 e. The lowest BCUT2D eigenvalue weighted by Crippen LogP contribution is -2.28. The van der Waals surface area contributed by atoms with Gasteiger partial charge in [-0.05, 0) is 25.5 Å². The van der Waals surface area contributed by atoms with E-state index in [4.69, 9.17) is 4.74 Å². The molecule has 0 saturated carbocycles. The van der Waals surface area contributed by atoms with E-state index in [0.717, 1.165) is 24.1 Å². The minimum atomic E-state index is -4.84. The highest BCUT2D eigenvalue weighted by Gasteiger charge is 2.45. The van der Waals surface area contributed by atoms with Gasteiger partial charge in [0.25, 0.3) is 0 Å². The number of ether oxygens (including phenoxy) is 2.